The van der Waals surface area contributed by atoms with Gasteiger partial charge in [0.1, 0.15) is 12.4 Å². The van der Waals surface area contributed by atoms with Gasteiger partial charge in [-0.1, -0.05) is 13.0 Å². The zero-order valence-electron chi connectivity index (χ0n) is 12.4. The Balaban J connectivity index is 2.00. The van der Waals surface area contributed by atoms with Gasteiger partial charge in [0, 0.05) is 0 Å². The summed E-state index contributed by atoms with van der Waals surface area (Å²) in [6.45, 7) is 4.99. The van der Waals surface area contributed by atoms with E-state index in [1.165, 1.54) is 18.4 Å². The fourth-order valence-corrected chi connectivity index (χ4v) is 3.02. The molecule has 0 radical (unpaired) electrons. The van der Waals surface area contributed by atoms with E-state index in [0.717, 1.165) is 42.9 Å². The van der Waals surface area contributed by atoms with Crippen LogP contribution in [0, 0.1) is 0 Å². The van der Waals surface area contributed by atoms with Gasteiger partial charge in [-0.15, -0.1) is 0 Å². The van der Waals surface area contributed by atoms with Crippen molar-refractivity contribution in [2.75, 3.05) is 13.1 Å². The van der Waals surface area contributed by atoms with E-state index in [9.17, 15) is 4.79 Å². The molecule has 1 aromatic carbocycles. The average molecular weight is 287 g/mol. The maximum absolute atomic E-state index is 11.2. The zero-order valence-corrected chi connectivity index (χ0v) is 12.4. The number of imidazole rings is 1. The van der Waals surface area contributed by atoms with E-state index in [0.29, 0.717) is 0 Å². The number of carboxylic acid groups (broad SMARTS) is 1. The van der Waals surface area contributed by atoms with E-state index < -0.39 is 5.97 Å². The van der Waals surface area contributed by atoms with Crippen LogP contribution >= 0.6 is 0 Å². The smallest absolute Gasteiger partial charge is 0.323 e. The van der Waals surface area contributed by atoms with Crippen molar-refractivity contribution in [1.29, 1.82) is 0 Å². The first-order valence-electron chi connectivity index (χ1n) is 7.59. The second-order valence-electron chi connectivity index (χ2n) is 5.67. The molecule has 1 aromatic heterocycles. The lowest BCUT2D eigenvalue weighted by Gasteiger charge is -2.15. The molecular weight excluding hydrogens is 266 g/mol. The Morgan fingerprint density at radius 1 is 1.33 bits per heavy atom. The molecule has 5 nitrogen and oxygen atoms in total. The van der Waals surface area contributed by atoms with Crippen LogP contribution in [-0.2, 0) is 24.3 Å². The van der Waals surface area contributed by atoms with Crippen LogP contribution in [-0.4, -0.2) is 38.6 Å². The summed E-state index contributed by atoms with van der Waals surface area (Å²) < 4.78 is 1.84. The van der Waals surface area contributed by atoms with Crippen molar-refractivity contribution in [1.82, 2.24) is 14.5 Å². The van der Waals surface area contributed by atoms with Crippen LogP contribution in [0.2, 0.25) is 0 Å². The third kappa shape index (κ3) is 2.93. The molecule has 0 bridgehead atoms. The van der Waals surface area contributed by atoms with Gasteiger partial charge in [-0.05, 0) is 50.0 Å². The molecule has 5 heteroatoms. The lowest BCUT2D eigenvalue weighted by Crippen LogP contribution is -2.22. The number of hydrogen-bond acceptors (Lipinski definition) is 3. The highest BCUT2D eigenvalue weighted by Gasteiger charge is 2.18. The highest BCUT2D eigenvalue weighted by molar-refractivity contribution is 5.79. The zero-order chi connectivity index (χ0) is 14.8. The molecule has 3 rings (SSSR count). The SMILES string of the molecule is CCc1ccc2c(c1)nc(CN1CCCC1)n2CC(=O)O. The van der Waals surface area contributed by atoms with Gasteiger partial charge >= 0.3 is 5.97 Å². The van der Waals surface area contributed by atoms with Crippen molar-refractivity contribution in [2.24, 2.45) is 0 Å². The maximum atomic E-state index is 11.2. The Morgan fingerprint density at radius 2 is 2.10 bits per heavy atom. The number of nitrogens with zero attached hydrogens (tertiary/aromatic N) is 3. The van der Waals surface area contributed by atoms with E-state index in [1.807, 2.05) is 10.6 Å². The van der Waals surface area contributed by atoms with E-state index in [1.54, 1.807) is 0 Å². The molecule has 1 aliphatic rings. The minimum Gasteiger partial charge on any atom is -0.480 e. The van der Waals surface area contributed by atoms with Gasteiger partial charge in [0.05, 0.1) is 17.6 Å². The van der Waals surface area contributed by atoms with Gasteiger partial charge in [0.2, 0.25) is 0 Å². The molecule has 1 saturated heterocycles. The Morgan fingerprint density at radius 3 is 2.76 bits per heavy atom. The molecular formula is C16H21N3O2. The molecule has 112 valence electrons. The van der Waals surface area contributed by atoms with Gasteiger partial charge < -0.3 is 9.67 Å². The predicted molar refractivity (Wildman–Crippen MR) is 81.3 cm³/mol. The van der Waals surface area contributed by atoms with Gasteiger partial charge in [0.15, 0.2) is 0 Å². The first-order valence-corrected chi connectivity index (χ1v) is 7.59. The standard InChI is InChI=1S/C16H21N3O2/c1-2-12-5-6-14-13(9-12)17-15(19(14)11-16(20)21)10-18-7-3-4-8-18/h5-6,9H,2-4,7-8,10-11H2,1H3,(H,20,21). The molecule has 0 atom stereocenters. The highest BCUT2D eigenvalue weighted by Crippen LogP contribution is 2.21. The number of aliphatic carboxylic acids is 1. The summed E-state index contributed by atoms with van der Waals surface area (Å²) >= 11 is 0. The topological polar surface area (TPSA) is 58.4 Å². The Kier molecular flexibility index (Phi) is 3.92. The number of carboxylic acids is 1. The monoisotopic (exact) mass is 287 g/mol. The molecule has 0 aliphatic carbocycles. The molecule has 2 aromatic rings. The van der Waals surface area contributed by atoms with Gasteiger partial charge in [-0.2, -0.15) is 0 Å². The van der Waals surface area contributed by atoms with E-state index >= 15 is 0 Å². The molecule has 1 N–H and O–H groups in total. The third-order valence-corrected chi connectivity index (χ3v) is 4.16. The summed E-state index contributed by atoms with van der Waals surface area (Å²) in [6, 6.07) is 6.13. The normalized spacial score (nSPS) is 15.9. The number of carbonyl (C=O) groups is 1. The summed E-state index contributed by atoms with van der Waals surface area (Å²) in [4.78, 5) is 18.2. The van der Waals surface area contributed by atoms with Crippen LogP contribution in [0.4, 0.5) is 0 Å². The quantitative estimate of drug-likeness (QED) is 0.916. The van der Waals surface area contributed by atoms with E-state index in [2.05, 4.69) is 24.0 Å². The summed E-state index contributed by atoms with van der Waals surface area (Å²) in [7, 11) is 0. The average Bonchev–Trinajstić information content (AvgIpc) is 3.07. The molecule has 0 unspecified atom stereocenters. The summed E-state index contributed by atoms with van der Waals surface area (Å²) in [5, 5.41) is 9.17. The summed E-state index contributed by atoms with van der Waals surface area (Å²) in [6.07, 6.45) is 3.40. The van der Waals surface area contributed by atoms with Crippen molar-refractivity contribution in [2.45, 2.75) is 39.3 Å². The summed E-state index contributed by atoms with van der Waals surface area (Å²) in [5.41, 5.74) is 3.06. The Labute approximate surface area is 124 Å². The number of hydrogen-bond donors (Lipinski definition) is 1. The third-order valence-electron chi connectivity index (χ3n) is 4.16. The minimum atomic E-state index is -0.823. The van der Waals surface area contributed by atoms with Crippen LogP contribution in [0.25, 0.3) is 11.0 Å². The fourth-order valence-electron chi connectivity index (χ4n) is 3.02. The predicted octanol–water partition coefficient (Wildman–Crippen LogP) is 2.28. The lowest BCUT2D eigenvalue weighted by atomic mass is 10.1. The molecule has 2 heterocycles. The van der Waals surface area contributed by atoms with Crippen molar-refractivity contribution in [3.63, 3.8) is 0 Å². The summed E-state index contributed by atoms with van der Waals surface area (Å²) in [5.74, 6) is 0.0408. The molecule has 1 fully saturated rings. The van der Waals surface area contributed by atoms with Crippen molar-refractivity contribution < 1.29 is 9.90 Å². The molecule has 21 heavy (non-hydrogen) atoms. The van der Waals surface area contributed by atoms with Crippen LogP contribution in [0.15, 0.2) is 18.2 Å². The number of aryl methyl sites for hydroxylation is 1. The maximum Gasteiger partial charge on any atom is 0.323 e. The van der Waals surface area contributed by atoms with Gasteiger partial charge in [-0.3, -0.25) is 9.69 Å². The Hall–Kier alpha value is -1.88. The number of fused-ring (bicyclic) bond motifs is 1. The second-order valence-corrected chi connectivity index (χ2v) is 5.67. The van der Waals surface area contributed by atoms with E-state index in [4.69, 9.17) is 10.1 Å². The highest BCUT2D eigenvalue weighted by atomic mass is 16.4. The van der Waals surface area contributed by atoms with Crippen LogP contribution in [0.3, 0.4) is 0 Å². The number of benzene rings is 1. The molecule has 0 spiro atoms. The molecule has 1 aliphatic heterocycles. The number of likely N-dealkylation sites (tertiary alicyclic amines) is 1. The first-order chi connectivity index (χ1) is 10.2. The van der Waals surface area contributed by atoms with Crippen LogP contribution in [0.1, 0.15) is 31.2 Å². The number of rotatable bonds is 5. The minimum absolute atomic E-state index is 0.0227. The van der Waals surface area contributed by atoms with Crippen molar-refractivity contribution in [3.8, 4) is 0 Å². The first kappa shape index (κ1) is 14.1. The Bertz CT molecular complexity index is 657. The van der Waals surface area contributed by atoms with Crippen LogP contribution < -0.4 is 0 Å². The second kappa shape index (κ2) is 5.85. The lowest BCUT2D eigenvalue weighted by molar-refractivity contribution is -0.137. The van der Waals surface area contributed by atoms with Gasteiger partial charge in [-0.25, -0.2) is 4.98 Å². The largest absolute Gasteiger partial charge is 0.480 e. The number of aromatic nitrogens is 2. The van der Waals surface area contributed by atoms with E-state index in [-0.39, 0.29) is 6.54 Å². The fraction of sp³-hybridized carbons (Fsp3) is 0.500. The van der Waals surface area contributed by atoms with Crippen LogP contribution in [0.5, 0.6) is 0 Å². The van der Waals surface area contributed by atoms with Crippen molar-refractivity contribution in [3.05, 3.63) is 29.6 Å². The molecule has 0 saturated carbocycles. The van der Waals surface area contributed by atoms with Crippen molar-refractivity contribution >= 4 is 17.0 Å². The molecule has 0 amide bonds. The van der Waals surface area contributed by atoms with Gasteiger partial charge in [0.25, 0.3) is 0 Å².